The number of benzene rings is 1. The van der Waals surface area contributed by atoms with Gasteiger partial charge in [0.25, 0.3) is 5.69 Å². The Labute approximate surface area is 140 Å². The maximum Gasteiger partial charge on any atom is 0.420 e. The van der Waals surface area contributed by atoms with Gasteiger partial charge >= 0.3 is 11.7 Å². The molecule has 25 heavy (non-hydrogen) atoms. The van der Waals surface area contributed by atoms with Crippen molar-refractivity contribution in [1.82, 2.24) is 4.57 Å². The number of nitro groups is 1. The maximum atomic E-state index is 12.1. The first-order valence-corrected chi connectivity index (χ1v) is 7.42. The van der Waals surface area contributed by atoms with E-state index >= 15 is 0 Å². The number of furan rings is 1. The number of hydrogen-bond donors (Lipinski definition) is 0. The van der Waals surface area contributed by atoms with Crippen LogP contribution in [0.2, 0.25) is 0 Å². The summed E-state index contributed by atoms with van der Waals surface area (Å²) in [6.45, 7) is 1.89. The van der Waals surface area contributed by atoms with Crippen LogP contribution < -0.4 is 5.76 Å². The Hall–Kier alpha value is -3.36. The smallest absolute Gasteiger partial charge is 0.420 e. The van der Waals surface area contributed by atoms with Crippen LogP contribution in [0.1, 0.15) is 28.8 Å². The molecule has 3 rings (SSSR count). The van der Waals surface area contributed by atoms with Crippen molar-refractivity contribution in [2.45, 2.75) is 19.9 Å². The molecule has 0 bridgehead atoms. The molecule has 0 spiro atoms. The standard InChI is InChI=1S/C16H14N2O7/c1-3-12-9(6-14(24-12)15(19)23-2)8-17-11-7-10(18(21)22)4-5-13(11)25-16(17)20/h4-7H,3,8H2,1-2H3. The summed E-state index contributed by atoms with van der Waals surface area (Å²) >= 11 is 0. The van der Waals surface area contributed by atoms with Crippen LogP contribution in [0, 0.1) is 10.1 Å². The van der Waals surface area contributed by atoms with Crippen LogP contribution in [-0.2, 0) is 17.7 Å². The Bertz CT molecular complexity index is 1020. The van der Waals surface area contributed by atoms with Gasteiger partial charge in [0.1, 0.15) is 5.76 Å². The van der Waals surface area contributed by atoms with Crippen molar-refractivity contribution in [2.75, 3.05) is 7.11 Å². The molecule has 2 aromatic heterocycles. The molecule has 0 amide bonds. The third-order valence-corrected chi connectivity index (χ3v) is 3.79. The number of oxazole rings is 1. The van der Waals surface area contributed by atoms with E-state index in [1.54, 1.807) is 0 Å². The van der Waals surface area contributed by atoms with E-state index in [1.807, 2.05) is 6.92 Å². The zero-order chi connectivity index (χ0) is 18.1. The zero-order valence-corrected chi connectivity index (χ0v) is 13.5. The van der Waals surface area contributed by atoms with E-state index in [0.717, 1.165) is 0 Å². The summed E-state index contributed by atoms with van der Waals surface area (Å²) in [5.74, 6) is -0.729. The Morgan fingerprint density at radius 3 is 2.72 bits per heavy atom. The molecule has 3 aromatic rings. The van der Waals surface area contributed by atoms with Gasteiger partial charge in [0.15, 0.2) is 5.58 Å². The zero-order valence-electron chi connectivity index (χ0n) is 13.5. The minimum Gasteiger partial charge on any atom is -0.463 e. The van der Waals surface area contributed by atoms with Gasteiger partial charge in [-0.3, -0.25) is 14.7 Å². The molecule has 0 unspecified atom stereocenters. The monoisotopic (exact) mass is 346 g/mol. The van der Waals surface area contributed by atoms with Crippen molar-refractivity contribution in [2.24, 2.45) is 0 Å². The first kappa shape index (κ1) is 16.5. The highest BCUT2D eigenvalue weighted by Gasteiger charge is 2.20. The van der Waals surface area contributed by atoms with E-state index in [4.69, 9.17) is 8.83 Å². The summed E-state index contributed by atoms with van der Waals surface area (Å²) in [5, 5.41) is 11.0. The molecule has 9 nitrogen and oxygen atoms in total. The number of hydrogen-bond acceptors (Lipinski definition) is 7. The molecule has 0 aliphatic heterocycles. The van der Waals surface area contributed by atoms with Crippen LogP contribution in [0.15, 0.2) is 37.9 Å². The van der Waals surface area contributed by atoms with E-state index in [2.05, 4.69) is 4.74 Å². The fourth-order valence-corrected chi connectivity index (χ4v) is 2.58. The minimum atomic E-state index is -0.654. The van der Waals surface area contributed by atoms with Gasteiger partial charge in [0.05, 0.1) is 24.1 Å². The lowest BCUT2D eigenvalue weighted by atomic mass is 10.2. The normalized spacial score (nSPS) is 11.0. The third-order valence-electron chi connectivity index (χ3n) is 3.79. The first-order chi connectivity index (χ1) is 11.9. The second kappa shape index (κ2) is 6.27. The number of methoxy groups -OCH3 is 1. The van der Waals surface area contributed by atoms with Crippen molar-refractivity contribution < 1.29 is 23.3 Å². The molecule has 0 fully saturated rings. The minimum absolute atomic E-state index is 0.0289. The molecule has 130 valence electrons. The summed E-state index contributed by atoms with van der Waals surface area (Å²) in [5.41, 5.74) is 0.979. The van der Waals surface area contributed by atoms with E-state index in [1.165, 1.54) is 35.9 Å². The van der Waals surface area contributed by atoms with Crippen LogP contribution in [-0.4, -0.2) is 22.6 Å². The number of esters is 1. The van der Waals surface area contributed by atoms with Gasteiger partial charge in [-0.05, 0) is 12.1 Å². The van der Waals surface area contributed by atoms with Crippen LogP contribution in [0.4, 0.5) is 5.69 Å². The quantitative estimate of drug-likeness (QED) is 0.395. The van der Waals surface area contributed by atoms with Gasteiger partial charge in [-0.25, -0.2) is 9.59 Å². The number of non-ortho nitro benzene ring substituents is 1. The molecule has 0 aliphatic rings. The average Bonchev–Trinajstić information content (AvgIpc) is 3.15. The number of rotatable bonds is 5. The van der Waals surface area contributed by atoms with Gasteiger partial charge in [-0.1, -0.05) is 6.92 Å². The summed E-state index contributed by atoms with van der Waals surface area (Å²) in [6, 6.07) is 5.40. The van der Waals surface area contributed by atoms with Gasteiger partial charge in [0.2, 0.25) is 5.76 Å². The van der Waals surface area contributed by atoms with Crippen LogP contribution in [0.5, 0.6) is 0 Å². The fraction of sp³-hybridized carbons (Fsp3) is 0.250. The summed E-state index contributed by atoms with van der Waals surface area (Å²) in [4.78, 5) is 34.1. The van der Waals surface area contributed by atoms with Crippen molar-refractivity contribution in [3.8, 4) is 0 Å². The van der Waals surface area contributed by atoms with E-state index in [-0.39, 0.29) is 23.6 Å². The molecule has 0 atom stereocenters. The molecule has 0 radical (unpaired) electrons. The van der Waals surface area contributed by atoms with Gasteiger partial charge in [-0.15, -0.1) is 0 Å². The van der Waals surface area contributed by atoms with Crippen LogP contribution in [0.3, 0.4) is 0 Å². The molecule has 0 aliphatic carbocycles. The highest BCUT2D eigenvalue weighted by atomic mass is 16.6. The summed E-state index contributed by atoms with van der Waals surface area (Å²) in [6.07, 6.45) is 0.497. The molecule has 0 N–H and O–H groups in total. The number of aromatic nitrogens is 1. The average molecular weight is 346 g/mol. The molecule has 0 saturated carbocycles. The second-order valence-electron chi connectivity index (χ2n) is 5.27. The van der Waals surface area contributed by atoms with Gasteiger partial charge < -0.3 is 13.6 Å². The number of fused-ring (bicyclic) bond motifs is 1. The predicted octanol–water partition coefficient (Wildman–Crippen LogP) is 2.49. The number of ether oxygens (including phenoxy) is 1. The van der Waals surface area contributed by atoms with Crippen LogP contribution in [0.25, 0.3) is 11.1 Å². The third kappa shape index (κ3) is 2.91. The van der Waals surface area contributed by atoms with Crippen molar-refractivity contribution >= 4 is 22.8 Å². The number of aryl methyl sites for hydroxylation is 1. The van der Waals surface area contributed by atoms with E-state index in [0.29, 0.717) is 23.3 Å². The highest BCUT2D eigenvalue weighted by molar-refractivity contribution is 5.86. The molecular weight excluding hydrogens is 332 g/mol. The lowest BCUT2D eigenvalue weighted by molar-refractivity contribution is -0.384. The Morgan fingerprint density at radius 1 is 1.32 bits per heavy atom. The van der Waals surface area contributed by atoms with Crippen LogP contribution >= 0.6 is 0 Å². The predicted molar refractivity (Wildman–Crippen MR) is 85.7 cm³/mol. The lowest BCUT2D eigenvalue weighted by Crippen LogP contribution is -2.15. The Kier molecular flexibility index (Phi) is 4.14. The number of nitrogens with zero attached hydrogens (tertiary/aromatic N) is 2. The van der Waals surface area contributed by atoms with E-state index in [9.17, 15) is 19.7 Å². The fourth-order valence-electron chi connectivity index (χ4n) is 2.58. The highest BCUT2D eigenvalue weighted by Crippen LogP contribution is 2.23. The van der Waals surface area contributed by atoms with Crippen molar-refractivity contribution in [3.63, 3.8) is 0 Å². The van der Waals surface area contributed by atoms with Gasteiger partial charge in [-0.2, -0.15) is 0 Å². The van der Waals surface area contributed by atoms with Crippen molar-refractivity contribution in [3.05, 3.63) is 62.0 Å². The van der Waals surface area contributed by atoms with Crippen molar-refractivity contribution in [1.29, 1.82) is 0 Å². The maximum absolute atomic E-state index is 12.1. The molecule has 9 heteroatoms. The lowest BCUT2D eigenvalue weighted by Gasteiger charge is -2.02. The summed E-state index contributed by atoms with van der Waals surface area (Å²) < 4.78 is 16.5. The number of carbonyl (C=O) groups is 1. The Balaban J connectivity index is 2.09. The topological polar surface area (TPSA) is 118 Å². The number of nitro benzene ring substituents is 1. The molecule has 2 heterocycles. The summed E-state index contributed by atoms with van der Waals surface area (Å²) in [7, 11) is 1.24. The molecule has 1 aromatic carbocycles. The Morgan fingerprint density at radius 2 is 2.08 bits per heavy atom. The second-order valence-corrected chi connectivity index (χ2v) is 5.27. The first-order valence-electron chi connectivity index (χ1n) is 7.42. The van der Waals surface area contributed by atoms with E-state index < -0.39 is 16.6 Å². The van der Waals surface area contributed by atoms with Gasteiger partial charge in [0, 0.05) is 24.1 Å². The molecule has 0 saturated heterocycles. The SMILES string of the molecule is CCc1oc(C(=O)OC)cc1Cn1c(=O)oc2ccc([N+](=O)[O-])cc21. The molecular formula is C16H14N2O7. The number of carbonyl (C=O) groups excluding carboxylic acids is 1. The largest absolute Gasteiger partial charge is 0.463 e.